The van der Waals surface area contributed by atoms with E-state index in [-0.39, 0.29) is 23.8 Å². The fraction of sp³-hybridized carbons (Fsp3) is 0.806. The summed E-state index contributed by atoms with van der Waals surface area (Å²) in [6.07, 6.45) is 5.45. The Balaban J connectivity index is -0.000000103. The highest BCUT2D eigenvalue weighted by Crippen LogP contribution is 2.09. The number of carbonyl (C=O) groups is 3. The van der Waals surface area contributed by atoms with E-state index in [1.54, 1.807) is 30.6 Å². The van der Waals surface area contributed by atoms with Crippen LogP contribution in [0.25, 0.3) is 0 Å². The molecule has 9 nitrogen and oxygen atoms in total. The average Bonchev–Trinajstić information content (AvgIpc) is 3.46. The number of nitrogens with two attached hydrogens (primary N) is 2. The van der Waals surface area contributed by atoms with Gasteiger partial charge in [0.2, 0.25) is 5.91 Å². The molecule has 0 aromatic carbocycles. The molecule has 42 heavy (non-hydrogen) atoms. The van der Waals surface area contributed by atoms with Crippen molar-refractivity contribution >= 4 is 42.1 Å². The Hall–Kier alpha value is -1.53. The third-order valence-corrected chi connectivity index (χ3v) is 5.92. The van der Waals surface area contributed by atoms with Crippen LogP contribution in [0.4, 0.5) is 0 Å². The molecular formula is C31H68N4O5S2. The van der Waals surface area contributed by atoms with Crippen LogP contribution in [0, 0.1) is 24.7 Å². The zero-order chi connectivity index (χ0) is 34.7. The molecule has 0 aliphatic heterocycles. The standard InChI is InChI=1S/C11H24N2O.C7H9NO2S.C6H12O.C3H8O.C2H6.CH5N.CH4S/c1-6-9(4)10(12)11(14)13(5)7-8(2)3;1-3-10-7(9)6-4-11-5(2)8-6;1-3-6(2)4-5-7;1-3-4-2;3*1-2/h8-10H,6-7,12H2,1-5H3;4H,3H2,1-2H3;5-6H,3-4H2,1-2H3;3H2,1-2H3;1-2H3;2H2,1H3;2H,1H3. The molecule has 3 atom stereocenters. The minimum atomic E-state index is -0.344. The lowest BCUT2D eigenvalue weighted by atomic mass is 9.99. The number of hydrogen-bond donors (Lipinski definition) is 3. The summed E-state index contributed by atoms with van der Waals surface area (Å²) in [5, 5.41) is 2.58. The van der Waals surface area contributed by atoms with Gasteiger partial charge in [0.1, 0.15) is 6.29 Å². The first-order chi connectivity index (χ1) is 19.9. The van der Waals surface area contributed by atoms with E-state index in [0.29, 0.717) is 24.1 Å². The number of aromatic nitrogens is 1. The van der Waals surface area contributed by atoms with E-state index < -0.39 is 0 Å². The lowest BCUT2D eigenvalue weighted by Crippen LogP contribution is -2.46. The number of carbonyl (C=O) groups excluding carboxylic acids is 3. The summed E-state index contributed by atoms with van der Waals surface area (Å²) < 4.78 is 9.29. The summed E-state index contributed by atoms with van der Waals surface area (Å²) in [7, 11) is 5.00. The summed E-state index contributed by atoms with van der Waals surface area (Å²) in [5.74, 6) is 1.06. The number of nitrogens with zero attached hydrogens (tertiary/aromatic N) is 2. The van der Waals surface area contributed by atoms with Crippen molar-refractivity contribution in [2.75, 3.05) is 47.2 Å². The molecule has 0 radical (unpaired) electrons. The van der Waals surface area contributed by atoms with Gasteiger partial charge in [0, 0.05) is 39.1 Å². The number of thiazole rings is 1. The maximum absolute atomic E-state index is 11.8. The SMILES string of the molecule is CC.CCC(C)C(N)C(=O)N(C)CC(C)C.CCC(C)CC=O.CCOC.CCOC(=O)c1csc(C)n1.CN.CS. The van der Waals surface area contributed by atoms with Gasteiger partial charge in [-0.15, -0.1) is 11.3 Å². The number of methoxy groups -OCH3 is 1. The highest BCUT2D eigenvalue weighted by atomic mass is 32.1. The molecule has 254 valence electrons. The molecule has 0 aliphatic rings. The van der Waals surface area contributed by atoms with Crippen molar-refractivity contribution < 1.29 is 23.9 Å². The van der Waals surface area contributed by atoms with Gasteiger partial charge in [0.15, 0.2) is 5.69 Å². The van der Waals surface area contributed by atoms with E-state index in [0.717, 1.165) is 43.7 Å². The maximum Gasteiger partial charge on any atom is 0.357 e. The molecule has 0 bridgehead atoms. The molecule has 1 amide bonds. The van der Waals surface area contributed by atoms with Gasteiger partial charge in [-0.05, 0) is 51.8 Å². The van der Waals surface area contributed by atoms with Crippen LogP contribution in [-0.2, 0) is 19.1 Å². The maximum atomic E-state index is 11.8. The van der Waals surface area contributed by atoms with Gasteiger partial charge in [0.05, 0.1) is 17.7 Å². The molecule has 1 aromatic rings. The van der Waals surface area contributed by atoms with Crippen LogP contribution in [0.3, 0.4) is 0 Å². The number of rotatable bonds is 11. The minimum Gasteiger partial charge on any atom is -0.461 e. The smallest absolute Gasteiger partial charge is 0.357 e. The summed E-state index contributed by atoms with van der Waals surface area (Å²) >= 11 is 4.97. The Kier molecular flexibility index (Phi) is 52.6. The van der Waals surface area contributed by atoms with E-state index in [1.807, 2.05) is 41.7 Å². The first kappa shape index (κ1) is 53.1. The molecule has 4 N–H and O–H groups in total. The highest BCUT2D eigenvalue weighted by Gasteiger charge is 2.22. The Labute approximate surface area is 269 Å². The number of hydrogen-bond acceptors (Lipinski definition) is 10. The summed E-state index contributed by atoms with van der Waals surface area (Å²) in [6.45, 7) is 24.0. The first-order valence-corrected chi connectivity index (χ1v) is 16.7. The van der Waals surface area contributed by atoms with E-state index in [1.165, 1.54) is 18.4 Å². The molecule has 11 heteroatoms. The van der Waals surface area contributed by atoms with Gasteiger partial charge >= 0.3 is 5.97 Å². The van der Waals surface area contributed by atoms with Crippen molar-refractivity contribution in [1.29, 1.82) is 0 Å². The summed E-state index contributed by atoms with van der Waals surface area (Å²) in [4.78, 5) is 38.2. The fourth-order valence-corrected chi connectivity index (χ4v) is 2.96. The molecule has 1 aromatic heterocycles. The van der Waals surface area contributed by atoms with Crippen molar-refractivity contribution in [2.24, 2.45) is 29.2 Å². The minimum absolute atomic E-state index is 0.0630. The predicted molar refractivity (Wildman–Crippen MR) is 187 cm³/mol. The molecule has 3 unspecified atom stereocenters. The number of aldehydes is 1. The first-order valence-electron chi connectivity index (χ1n) is 14.9. The zero-order valence-corrected chi connectivity index (χ0v) is 31.4. The number of ether oxygens (including phenoxy) is 2. The Morgan fingerprint density at radius 1 is 1.05 bits per heavy atom. The van der Waals surface area contributed by atoms with E-state index in [4.69, 9.17) is 10.5 Å². The van der Waals surface area contributed by atoms with Crippen LogP contribution >= 0.6 is 24.0 Å². The topological polar surface area (TPSA) is 138 Å². The second-order valence-electron chi connectivity index (χ2n) is 8.99. The quantitative estimate of drug-likeness (QED) is 0.141. The Morgan fingerprint density at radius 2 is 1.52 bits per heavy atom. The fourth-order valence-electron chi connectivity index (χ4n) is 2.38. The molecule has 0 spiro atoms. The summed E-state index contributed by atoms with van der Waals surface area (Å²) in [6, 6.07) is -0.344. The van der Waals surface area contributed by atoms with Crippen LogP contribution in [0.2, 0.25) is 0 Å². The largest absolute Gasteiger partial charge is 0.461 e. The van der Waals surface area contributed by atoms with Gasteiger partial charge in [-0.3, -0.25) is 4.79 Å². The van der Waals surface area contributed by atoms with Crippen LogP contribution in [-0.4, -0.2) is 81.3 Å². The number of esters is 1. The van der Waals surface area contributed by atoms with Crippen molar-refractivity contribution in [3.63, 3.8) is 0 Å². The normalized spacial score (nSPS) is 11.0. The van der Waals surface area contributed by atoms with Gasteiger partial charge in [-0.2, -0.15) is 12.6 Å². The number of aryl methyl sites for hydroxylation is 1. The lowest BCUT2D eigenvalue weighted by molar-refractivity contribution is -0.132. The molecule has 0 aliphatic carbocycles. The van der Waals surface area contributed by atoms with Crippen LogP contribution in [0.15, 0.2) is 5.38 Å². The lowest BCUT2D eigenvalue weighted by Gasteiger charge is -2.25. The molecule has 0 saturated heterocycles. The van der Waals surface area contributed by atoms with Crippen LogP contribution in [0.5, 0.6) is 0 Å². The molecule has 1 rings (SSSR count). The third-order valence-electron chi connectivity index (χ3n) is 5.15. The van der Waals surface area contributed by atoms with Crippen molar-refractivity contribution in [2.45, 2.75) is 101 Å². The van der Waals surface area contributed by atoms with Crippen molar-refractivity contribution in [3.05, 3.63) is 16.1 Å². The Bertz CT molecular complexity index is 690. The number of likely N-dealkylation sites (N-methyl/N-ethyl adjacent to an activating group) is 1. The van der Waals surface area contributed by atoms with Crippen LogP contribution < -0.4 is 11.5 Å². The van der Waals surface area contributed by atoms with Crippen molar-refractivity contribution in [3.8, 4) is 0 Å². The van der Waals surface area contributed by atoms with E-state index >= 15 is 0 Å². The zero-order valence-electron chi connectivity index (χ0n) is 29.7. The predicted octanol–water partition coefficient (Wildman–Crippen LogP) is 6.52. The average molecular weight is 641 g/mol. The van der Waals surface area contributed by atoms with Gasteiger partial charge in [-0.25, -0.2) is 9.78 Å². The molecule has 0 fully saturated rings. The van der Waals surface area contributed by atoms with Gasteiger partial charge in [0.25, 0.3) is 0 Å². The third kappa shape index (κ3) is 36.5. The van der Waals surface area contributed by atoms with E-state index in [2.05, 4.69) is 62.7 Å². The molecule has 1 heterocycles. The molecular weight excluding hydrogens is 572 g/mol. The van der Waals surface area contributed by atoms with Crippen molar-refractivity contribution in [1.82, 2.24) is 9.88 Å². The molecule has 0 saturated carbocycles. The summed E-state index contributed by atoms with van der Waals surface area (Å²) in [5.41, 5.74) is 10.8. The monoisotopic (exact) mass is 640 g/mol. The second-order valence-corrected chi connectivity index (χ2v) is 10.1. The van der Waals surface area contributed by atoms with Gasteiger partial charge < -0.3 is 30.6 Å². The number of amides is 1. The Morgan fingerprint density at radius 3 is 1.79 bits per heavy atom. The highest BCUT2D eigenvalue weighted by molar-refractivity contribution is 7.79. The second kappa shape index (κ2) is 41.6. The van der Waals surface area contributed by atoms with Gasteiger partial charge in [-0.1, -0.05) is 68.2 Å². The van der Waals surface area contributed by atoms with Crippen LogP contribution in [0.1, 0.15) is 104 Å². The van der Waals surface area contributed by atoms with E-state index in [9.17, 15) is 14.4 Å². The number of thiol groups is 1.